The van der Waals surface area contributed by atoms with Crippen molar-refractivity contribution in [2.75, 3.05) is 18.0 Å². The van der Waals surface area contributed by atoms with Crippen LogP contribution in [0.3, 0.4) is 0 Å². The highest BCUT2D eigenvalue weighted by molar-refractivity contribution is 6.08. The average Bonchev–Trinajstić information content (AvgIpc) is 3.15. The largest absolute Gasteiger partial charge is 0.481 e. The van der Waals surface area contributed by atoms with E-state index >= 15 is 0 Å². The highest BCUT2D eigenvalue weighted by Gasteiger charge is 2.30. The van der Waals surface area contributed by atoms with Crippen molar-refractivity contribution in [2.45, 2.75) is 6.42 Å². The topological polar surface area (TPSA) is 95.0 Å². The molecular formula is C14H13N5O2. The van der Waals surface area contributed by atoms with Crippen molar-refractivity contribution in [1.82, 2.24) is 19.9 Å². The van der Waals surface area contributed by atoms with Crippen LogP contribution in [-0.4, -0.2) is 44.1 Å². The maximum Gasteiger partial charge on any atom is 0.308 e. The molecule has 1 atom stereocenters. The Morgan fingerprint density at radius 1 is 1.38 bits per heavy atom. The lowest BCUT2D eigenvalue weighted by molar-refractivity contribution is -0.140. The smallest absolute Gasteiger partial charge is 0.308 e. The van der Waals surface area contributed by atoms with Crippen molar-refractivity contribution in [3.05, 3.63) is 24.8 Å². The van der Waals surface area contributed by atoms with E-state index in [0.717, 1.165) is 27.8 Å². The SMILES string of the molecule is O=C(O)C1CCN(c2ncnc3cnc4[nH]ccc4c23)C1. The fourth-order valence-electron chi connectivity index (χ4n) is 2.93. The predicted octanol–water partition coefficient (Wildman–Crippen LogP) is 1.42. The molecule has 0 amide bonds. The van der Waals surface area contributed by atoms with Crippen molar-refractivity contribution in [2.24, 2.45) is 5.92 Å². The number of carboxylic acids is 1. The van der Waals surface area contributed by atoms with E-state index in [1.54, 1.807) is 6.20 Å². The number of aliphatic carboxylic acids is 1. The fourth-order valence-corrected chi connectivity index (χ4v) is 2.93. The molecule has 106 valence electrons. The first-order chi connectivity index (χ1) is 10.2. The number of anilines is 1. The first-order valence-electron chi connectivity index (χ1n) is 6.78. The Kier molecular flexibility index (Phi) is 2.53. The van der Waals surface area contributed by atoms with Gasteiger partial charge in [0.15, 0.2) is 0 Å². The van der Waals surface area contributed by atoms with Crippen LogP contribution in [0.25, 0.3) is 21.9 Å². The molecule has 0 aliphatic carbocycles. The van der Waals surface area contributed by atoms with E-state index in [9.17, 15) is 4.79 Å². The van der Waals surface area contributed by atoms with Crippen molar-refractivity contribution >= 4 is 33.7 Å². The third-order valence-corrected chi connectivity index (χ3v) is 4.00. The van der Waals surface area contributed by atoms with Crippen LogP contribution in [-0.2, 0) is 4.79 Å². The quantitative estimate of drug-likeness (QED) is 0.738. The minimum Gasteiger partial charge on any atom is -0.481 e. The predicted molar refractivity (Wildman–Crippen MR) is 77.1 cm³/mol. The number of hydrogen-bond acceptors (Lipinski definition) is 5. The van der Waals surface area contributed by atoms with Crippen LogP contribution in [0.2, 0.25) is 0 Å². The molecule has 1 unspecified atom stereocenters. The highest BCUT2D eigenvalue weighted by atomic mass is 16.4. The van der Waals surface area contributed by atoms with Crippen LogP contribution in [0.4, 0.5) is 5.82 Å². The molecule has 21 heavy (non-hydrogen) atoms. The summed E-state index contributed by atoms with van der Waals surface area (Å²) in [5.41, 5.74) is 1.55. The lowest BCUT2D eigenvalue weighted by Crippen LogP contribution is -2.23. The number of aromatic nitrogens is 4. The second kappa shape index (κ2) is 4.41. The van der Waals surface area contributed by atoms with Crippen LogP contribution >= 0.6 is 0 Å². The molecule has 1 aliphatic heterocycles. The van der Waals surface area contributed by atoms with Gasteiger partial charge in [-0.25, -0.2) is 15.0 Å². The van der Waals surface area contributed by atoms with E-state index in [2.05, 4.69) is 19.9 Å². The maximum atomic E-state index is 11.1. The Balaban J connectivity index is 1.89. The molecule has 1 fully saturated rings. The molecule has 0 bridgehead atoms. The van der Waals surface area contributed by atoms with Crippen LogP contribution in [0.1, 0.15) is 6.42 Å². The zero-order chi connectivity index (χ0) is 14.4. The normalized spacial score (nSPS) is 18.7. The zero-order valence-electron chi connectivity index (χ0n) is 11.2. The van der Waals surface area contributed by atoms with Gasteiger partial charge < -0.3 is 15.0 Å². The third-order valence-electron chi connectivity index (χ3n) is 4.00. The second-order valence-corrected chi connectivity index (χ2v) is 5.23. The number of nitrogens with one attached hydrogen (secondary N) is 1. The van der Waals surface area contributed by atoms with Crippen LogP contribution < -0.4 is 4.90 Å². The van der Waals surface area contributed by atoms with Gasteiger partial charge in [-0.15, -0.1) is 0 Å². The minimum atomic E-state index is -0.746. The van der Waals surface area contributed by atoms with Crippen LogP contribution in [0.15, 0.2) is 24.8 Å². The Morgan fingerprint density at radius 3 is 3.10 bits per heavy atom. The molecule has 0 aromatic carbocycles. The van der Waals surface area contributed by atoms with Crippen LogP contribution in [0, 0.1) is 5.92 Å². The molecule has 2 N–H and O–H groups in total. The van der Waals surface area contributed by atoms with E-state index in [-0.39, 0.29) is 5.92 Å². The molecule has 1 saturated heterocycles. The van der Waals surface area contributed by atoms with Gasteiger partial charge in [-0.3, -0.25) is 4.79 Å². The highest BCUT2D eigenvalue weighted by Crippen LogP contribution is 2.32. The number of rotatable bonds is 2. The number of H-pyrrole nitrogens is 1. The Hall–Kier alpha value is -2.70. The Labute approximate surface area is 119 Å². The van der Waals surface area contributed by atoms with Crippen molar-refractivity contribution in [3.8, 4) is 0 Å². The number of pyridine rings is 1. The lowest BCUT2D eigenvalue weighted by Gasteiger charge is -2.18. The molecule has 0 spiro atoms. The molecule has 3 aromatic heterocycles. The van der Waals surface area contributed by atoms with E-state index in [4.69, 9.17) is 5.11 Å². The molecule has 7 heteroatoms. The lowest BCUT2D eigenvalue weighted by atomic mass is 10.1. The number of hydrogen-bond donors (Lipinski definition) is 2. The van der Waals surface area contributed by atoms with E-state index < -0.39 is 5.97 Å². The van der Waals surface area contributed by atoms with Crippen molar-refractivity contribution in [3.63, 3.8) is 0 Å². The standard InChI is InChI=1S/C14H13N5O2/c20-14(21)8-2-4-19(6-8)13-11-9-1-3-15-12(9)16-5-10(11)17-7-18-13/h1,3,5,7-8H,2,4,6H2,(H,15,16)(H,20,21). The molecule has 1 aliphatic rings. The first kappa shape index (κ1) is 12.1. The van der Waals surface area contributed by atoms with Gasteiger partial charge in [0.05, 0.1) is 23.0 Å². The van der Waals surface area contributed by atoms with Gasteiger partial charge in [0.2, 0.25) is 0 Å². The second-order valence-electron chi connectivity index (χ2n) is 5.23. The molecule has 0 radical (unpaired) electrons. The summed E-state index contributed by atoms with van der Waals surface area (Å²) in [7, 11) is 0. The van der Waals surface area contributed by atoms with E-state index in [0.29, 0.717) is 19.5 Å². The fraction of sp³-hybridized carbons (Fsp3) is 0.286. The van der Waals surface area contributed by atoms with E-state index in [1.165, 1.54) is 6.33 Å². The first-order valence-corrected chi connectivity index (χ1v) is 6.78. The van der Waals surface area contributed by atoms with Gasteiger partial charge >= 0.3 is 5.97 Å². The summed E-state index contributed by atoms with van der Waals surface area (Å²) in [6.45, 7) is 1.17. The Bertz CT molecular complexity index is 844. The summed E-state index contributed by atoms with van der Waals surface area (Å²) in [6.07, 6.45) is 5.69. The zero-order valence-corrected chi connectivity index (χ0v) is 11.2. The average molecular weight is 283 g/mol. The summed E-state index contributed by atoms with van der Waals surface area (Å²) < 4.78 is 0. The van der Waals surface area contributed by atoms with Gasteiger partial charge in [-0.1, -0.05) is 0 Å². The molecular weight excluding hydrogens is 270 g/mol. The summed E-state index contributed by atoms with van der Waals surface area (Å²) in [5, 5.41) is 11.0. The monoisotopic (exact) mass is 283 g/mol. The van der Waals surface area contributed by atoms with Gasteiger partial charge in [0.1, 0.15) is 17.8 Å². The summed E-state index contributed by atoms with van der Waals surface area (Å²) in [6, 6.07) is 1.95. The molecule has 7 nitrogen and oxygen atoms in total. The van der Waals surface area contributed by atoms with Gasteiger partial charge in [0.25, 0.3) is 0 Å². The summed E-state index contributed by atoms with van der Waals surface area (Å²) in [5.74, 6) is -0.293. The molecule has 0 saturated carbocycles. The Morgan fingerprint density at radius 2 is 2.29 bits per heavy atom. The van der Waals surface area contributed by atoms with Crippen molar-refractivity contribution < 1.29 is 9.90 Å². The maximum absolute atomic E-state index is 11.1. The third kappa shape index (κ3) is 1.81. The van der Waals surface area contributed by atoms with Gasteiger partial charge in [-0.05, 0) is 12.5 Å². The minimum absolute atomic E-state index is 0.335. The van der Waals surface area contributed by atoms with Gasteiger partial charge in [0, 0.05) is 24.7 Å². The van der Waals surface area contributed by atoms with Gasteiger partial charge in [-0.2, -0.15) is 0 Å². The molecule has 3 aromatic rings. The van der Waals surface area contributed by atoms with Crippen molar-refractivity contribution in [1.29, 1.82) is 0 Å². The van der Waals surface area contributed by atoms with Crippen LogP contribution in [0.5, 0.6) is 0 Å². The number of aromatic amines is 1. The number of carboxylic acid groups (broad SMARTS) is 1. The number of carbonyl (C=O) groups is 1. The summed E-state index contributed by atoms with van der Waals surface area (Å²) >= 11 is 0. The molecule has 4 heterocycles. The van der Waals surface area contributed by atoms with E-state index in [1.807, 2.05) is 17.2 Å². The summed E-state index contributed by atoms with van der Waals surface area (Å²) in [4.78, 5) is 29.2. The molecule has 4 rings (SSSR count). The number of fused-ring (bicyclic) bond motifs is 3. The number of nitrogens with zero attached hydrogens (tertiary/aromatic N) is 4.